The first-order valence-electron chi connectivity index (χ1n) is 14.0. The van der Waals surface area contributed by atoms with Gasteiger partial charge in [-0.3, -0.25) is 0 Å². The van der Waals surface area contributed by atoms with E-state index in [1.807, 2.05) is 6.08 Å². The molecule has 1 saturated heterocycles. The number of aliphatic hydroxyl groups excluding tert-OH is 1. The summed E-state index contributed by atoms with van der Waals surface area (Å²) in [5, 5.41) is 11.0. The Morgan fingerprint density at radius 3 is 2.79 bits per heavy atom. The maximum Gasteiger partial charge on any atom is 0.330 e. The molecule has 1 unspecified atom stereocenters. The SMILES string of the molecule is C=C1CC(OC)[C@H]2O[C@H]2C[C@@H]([C@@H](O)/C=C/[C@@H]2CC(C)=CCO2)OC(=O)/C=C\C[C@@H]2C=CC[C@@H](C[C@@H](C)C1)O2. The molecule has 0 saturated carbocycles. The predicted molar refractivity (Wildman–Crippen MR) is 146 cm³/mol. The van der Waals surface area contributed by atoms with Gasteiger partial charge in [-0.05, 0) is 51.4 Å². The molecule has 7 heteroatoms. The van der Waals surface area contributed by atoms with Crippen LogP contribution in [0.4, 0.5) is 0 Å². The van der Waals surface area contributed by atoms with Gasteiger partial charge in [0.25, 0.3) is 0 Å². The molecular formula is C31H44O7. The summed E-state index contributed by atoms with van der Waals surface area (Å²) in [7, 11) is 1.69. The van der Waals surface area contributed by atoms with E-state index < -0.39 is 18.2 Å². The van der Waals surface area contributed by atoms with Crippen LogP contribution in [-0.2, 0) is 28.5 Å². The summed E-state index contributed by atoms with van der Waals surface area (Å²) in [6, 6.07) is 0. The Kier molecular flexibility index (Phi) is 10.6. The molecule has 0 amide bonds. The molecule has 0 aliphatic carbocycles. The molecule has 9 atom stereocenters. The minimum atomic E-state index is -0.986. The minimum Gasteiger partial charge on any atom is -0.456 e. The Bertz CT molecular complexity index is 935. The monoisotopic (exact) mass is 528 g/mol. The van der Waals surface area contributed by atoms with Gasteiger partial charge in [0.15, 0.2) is 0 Å². The van der Waals surface area contributed by atoms with Crippen molar-refractivity contribution in [1.82, 2.24) is 0 Å². The summed E-state index contributed by atoms with van der Waals surface area (Å²) < 4.78 is 29.5. The number of rotatable bonds is 4. The molecule has 4 aliphatic rings. The van der Waals surface area contributed by atoms with Gasteiger partial charge in [-0.2, -0.15) is 0 Å². The van der Waals surface area contributed by atoms with Crippen molar-refractivity contribution in [3.05, 3.63) is 60.3 Å². The molecular weight excluding hydrogens is 484 g/mol. The Balaban J connectivity index is 1.46. The zero-order valence-electron chi connectivity index (χ0n) is 23.0. The molecule has 0 aromatic rings. The third-order valence-electron chi connectivity index (χ3n) is 7.72. The predicted octanol–water partition coefficient (Wildman–Crippen LogP) is 4.76. The Morgan fingerprint density at radius 2 is 2.00 bits per heavy atom. The van der Waals surface area contributed by atoms with Gasteiger partial charge < -0.3 is 28.8 Å². The lowest BCUT2D eigenvalue weighted by Crippen LogP contribution is -2.33. The summed E-state index contributed by atoms with van der Waals surface area (Å²) in [6.45, 7) is 9.19. The van der Waals surface area contributed by atoms with Crippen LogP contribution in [0.15, 0.2) is 60.3 Å². The average molecular weight is 529 g/mol. The fraction of sp³-hybridized carbons (Fsp3) is 0.645. The number of ether oxygens (including phenoxy) is 5. The van der Waals surface area contributed by atoms with Crippen LogP contribution in [-0.4, -0.2) is 73.6 Å². The highest BCUT2D eigenvalue weighted by Crippen LogP contribution is 2.36. The van der Waals surface area contributed by atoms with Crippen molar-refractivity contribution >= 4 is 5.97 Å². The van der Waals surface area contributed by atoms with Crippen LogP contribution >= 0.6 is 0 Å². The van der Waals surface area contributed by atoms with Crippen molar-refractivity contribution in [2.75, 3.05) is 13.7 Å². The molecule has 1 N–H and O–H groups in total. The van der Waals surface area contributed by atoms with Crippen molar-refractivity contribution in [1.29, 1.82) is 0 Å². The molecule has 4 rings (SSSR count). The van der Waals surface area contributed by atoms with Gasteiger partial charge in [-0.25, -0.2) is 4.79 Å². The molecule has 210 valence electrons. The molecule has 4 heterocycles. The van der Waals surface area contributed by atoms with Gasteiger partial charge in [-0.1, -0.05) is 61.1 Å². The second kappa shape index (κ2) is 13.9. The molecule has 2 bridgehead atoms. The summed E-state index contributed by atoms with van der Waals surface area (Å²) >= 11 is 0. The number of epoxide rings is 1. The lowest BCUT2D eigenvalue weighted by Gasteiger charge is -2.28. The lowest BCUT2D eigenvalue weighted by molar-refractivity contribution is -0.148. The molecule has 0 spiro atoms. The third-order valence-corrected chi connectivity index (χ3v) is 7.72. The van der Waals surface area contributed by atoms with Gasteiger partial charge in [0.05, 0.1) is 37.1 Å². The highest BCUT2D eigenvalue weighted by Gasteiger charge is 2.47. The quantitative estimate of drug-likeness (QED) is 0.320. The van der Waals surface area contributed by atoms with E-state index in [4.69, 9.17) is 23.7 Å². The molecule has 0 aromatic heterocycles. The molecule has 1 fully saturated rings. The smallest absolute Gasteiger partial charge is 0.330 e. The van der Waals surface area contributed by atoms with Gasteiger partial charge in [-0.15, -0.1) is 0 Å². The second-order valence-corrected chi connectivity index (χ2v) is 11.2. The molecule has 0 radical (unpaired) electrons. The van der Waals surface area contributed by atoms with E-state index in [2.05, 4.69) is 38.7 Å². The number of carbonyl (C=O) groups is 1. The first-order valence-corrected chi connectivity index (χ1v) is 14.0. The number of aliphatic hydroxyl groups is 1. The topological polar surface area (TPSA) is 86.8 Å². The van der Waals surface area contributed by atoms with Crippen LogP contribution in [0.3, 0.4) is 0 Å². The van der Waals surface area contributed by atoms with Crippen molar-refractivity contribution in [2.45, 2.75) is 108 Å². The lowest BCUT2D eigenvalue weighted by atomic mass is 9.90. The summed E-state index contributed by atoms with van der Waals surface area (Å²) in [5.74, 6) is -0.0497. The Labute approximate surface area is 227 Å². The molecule has 7 nitrogen and oxygen atoms in total. The van der Waals surface area contributed by atoms with Crippen LogP contribution < -0.4 is 0 Å². The van der Waals surface area contributed by atoms with E-state index in [0.717, 1.165) is 31.3 Å². The number of esters is 1. The highest BCUT2D eigenvalue weighted by molar-refractivity contribution is 5.82. The summed E-state index contributed by atoms with van der Waals surface area (Å²) in [5.41, 5.74) is 2.39. The van der Waals surface area contributed by atoms with Crippen LogP contribution in [0.5, 0.6) is 0 Å². The van der Waals surface area contributed by atoms with Crippen LogP contribution in [0.25, 0.3) is 0 Å². The highest BCUT2D eigenvalue weighted by atomic mass is 16.6. The molecule has 38 heavy (non-hydrogen) atoms. The summed E-state index contributed by atoms with van der Waals surface area (Å²) in [6.07, 6.45) is 16.1. The normalized spacial score (nSPS) is 38.9. The van der Waals surface area contributed by atoms with Gasteiger partial charge >= 0.3 is 5.97 Å². The van der Waals surface area contributed by atoms with Gasteiger partial charge in [0.1, 0.15) is 18.3 Å². The number of fused-ring (bicyclic) bond motifs is 3. The van der Waals surface area contributed by atoms with E-state index >= 15 is 0 Å². The van der Waals surface area contributed by atoms with E-state index in [0.29, 0.717) is 31.8 Å². The van der Waals surface area contributed by atoms with Crippen LogP contribution in [0.2, 0.25) is 0 Å². The van der Waals surface area contributed by atoms with Crippen molar-refractivity contribution < 1.29 is 33.6 Å². The number of cyclic esters (lactones) is 1. The van der Waals surface area contributed by atoms with Crippen molar-refractivity contribution in [3.63, 3.8) is 0 Å². The maximum atomic E-state index is 12.7. The third kappa shape index (κ3) is 8.75. The largest absolute Gasteiger partial charge is 0.456 e. The zero-order valence-corrected chi connectivity index (χ0v) is 23.0. The molecule has 4 aliphatic heterocycles. The van der Waals surface area contributed by atoms with E-state index in [1.165, 1.54) is 11.6 Å². The Hall–Kier alpha value is -2.03. The number of carbonyl (C=O) groups excluding carboxylic acids is 1. The standard InChI is InChI=1S/C31H44O7/c1-20-13-14-35-24(16-20)11-12-26(32)27-19-29-31(38-29)28(34-4)18-22(3)15-21(2)17-25-9-5-7-23(36-25)8-6-10-30(33)37-27/h5-7,10-13,21,23-29,31-32H,3,8-9,14-19H2,1-2,4H3/b10-6-,12-11+/t21-,23-,24+,25-,26-,27-,28?,29-,31+/m0/s1. The summed E-state index contributed by atoms with van der Waals surface area (Å²) in [4.78, 5) is 12.7. The zero-order chi connectivity index (χ0) is 27.1. The number of methoxy groups -OCH3 is 1. The average Bonchev–Trinajstić information content (AvgIpc) is 3.64. The van der Waals surface area contributed by atoms with E-state index in [9.17, 15) is 9.90 Å². The fourth-order valence-corrected chi connectivity index (χ4v) is 5.65. The number of hydrogen-bond donors (Lipinski definition) is 1. The first kappa shape index (κ1) is 29.0. The minimum absolute atomic E-state index is 0.0668. The Morgan fingerprint density at radius 1 is 1.16 bits per heavy atom. The molecule has 0 aromatic carbocycles. The first-order chi connectivity index (χ1) is 18.3. The second-order valence-electron chi connectivity index (χ2n) is 11.2. The fourth-order valence-electron chi connectivity index (χ4n) is 5.65. The van der Waals surface area contributed by atoms with E-state index in [-0.39, 0.29) is 36.6 Å². The van der Waals surface area contributed by atoms with Crippen LogP contribution in [0.1, 0.15) is 58.8 Å². The van der Waals surface area contributed by atoms with Crippen molar-refractivity contribution in [3.8, 4) is 0 Å². The maximum absolute atomic E-state index is 12.7. The van der Waals surface area contributed by atoms with Crippen molar-refractivity contribution in [2.24, 2.45) is 5.92 Å². The number of hydrogen-bond acceptors (Lipinski definition) is 7. The van der Waals surface area contributed by atoms with E-state index in [1.54, 1.807) is 19.3 Å². The van der Waals surface area contributed by atoms with Crippen LogP contribution in [0, 0.1) is 5.92 Å². The van der Waals surface area contributed by atoms with Gasteiger partial charge in [0, 0.05) is 19.6 Å². The van der Waals surface area contributed by atoms with Gasteiger partial charge in [0.2, 0.25) is 0 Å².